The summed E-state index contributed by atoms with van der Waals surface area (Å²) in [4.78, 5) is 38.2. The summed E-state index contributed by atoms with van der Waals surface area (Å²) >= 11 is 0. The van der Waals surface area contributed by atoms with Gasteiger partial charge in [0.15, 0.2) is 23.7 Å². The fraction of sp³-hybridized carbons (Fsp3) is 0.542. The van der Waals surface area contributed by atoms with Gasteiger partial charge in [0, 0.05) is 24.9 Å². The molecule has 1 spiro atoms. The van der Waals surface area contributed by atoms with Gasteiger partial charge in [-0.2, -0.15) is 0 Å². The van der Waals surface area contributed by atoms with Crippen LogP contribution >= 0.6 is 9.24 Å². The van der Waals surface area contributed by atoms with Crippen molar-refractivity contribution in [1.82, 2.24) is 4.90 Å². The molecule has 0 amide bonds. The normalized spacial score (nSPS) is 31.9. The van der Waals surface area contributed by atoms with Crippen LogP contribution in [0.5, 0.6) is 11.5 Å². The van der Waals surface area contributed by atoms with E-state index < -0.39 is 47.0 Å². The fourth-order valence-corrected chi connectivity index (χ4v) is 6.38. The summed E-state index contributed by atoms with van der Waals surface area (Å²) in [5.41, 5.74) is -0.307. The van der Waals surface area contributed by atoms with E-state index in [1.165, 1.54) is 6.92 Å². The summed E-state index contributed by atoms with van der Waals surface area (Å²) in [5, 5.41) is 22.7. The SMILES string of the molecule is CC(=O)O[C@@H](C)C(=O)O[C@@H](P)C(=O)OC1=CC[C@@]2(O)[C@H]3Cc4ccc(O)c5c4C2(CCN3C)C1O5. The van der Waals surface area contributed by atoms with Crippen LogP contribution in [0.1, 0.15) is 37.8 Å². The third-order valence-electron chi connectivity index (χ3n) is 7.72. The lowest BCUT2D eigenvalue weighted by atomic mass is 9.50. The van der Waals surface area contributed by atoms with Crippen molar-refractivity contribution in [1.29, 1.82) is 0 Å². The van der Waals surface area contributed by atoms with Gasteiger partial charge in [-0.1, -0.05) is 15.3 Å². The van der Waals surface area contributed by atoms with Gasteiger partial charge in [0.05, 0.1) is 11.0 Å². The summed E-state index contributed by atoms with van der Waals surface area (Å²) in [6.45, 7) is 3.19. The van der Waals surface area contributed by atoms with E-state index in [-0.39, 0.29) is 24.0 Å². The lowest BCUT2D eigenvalue weighted by Gasteiger charge is -2.61. The van der Waals surface area contributed by atoms with Crippen molar-refractivity contribution in [2.24, 2.45) is 0 Å². The first-order valence-corrected chi connectivity index (χ1v) is 12.2. The quantitative estimate of drug-likeness (QED) is 0.338. The summed E-state index contributed by atoms with van der Waals surface area (Å²) in [6.07, 6.45) is 1.00. The van der Waals surface area contributed by atoms with Gasteiger partial charge >= 0.3 is 17.9 Å². The Labute approximate surface area is 204 Å². The van der Waals surface area contributed by atoms with Gasteiger partial charge in [-0.05, 0) is 51.1 Å². The predicted octanol–water partition coefficient (Wildman–Crippen LogP) is 0.909. The Bertz CT molecular complexity index is 1150. The van der Waals surface area contributed by atoms with Crippen molar-refractivity contribution in [3.05, 3.63) is 35.1 Å². The predicted molar refractivity (Wildman–Crippen MR) is 123 cm³/mol. The van der Waals surface area contributed by atoms with Crippen LogP contribution < -0.4 is 4.74 Å². The number of phenols is 1. The second-order valence-electron chi connectivity index (χ2n) is 9.63. The molecule has 5 rings (SSSR count). The van der Waals surface area contributed by atoms with Crippen LogP contribution in [0.4, 0.5) is 0 Å². The van der Waals surface area contributed by atoms with Gasteiger partial charge < -0.3 is 34.1 Å². The molecule has 0 aromatic heterocycles. The average molecular weight is 505 g/mol. The summed E-state index contributed by atoms with van der Waals surface area (Å²) in [5.74, 6) is -3.30. The minimum Gasteiger partial charge on any atom is -0.504 e. The highest BCUT2D eigenvalue weighted by atomic mass is 31.0. The van der Waals surface area contributed by atoms with Crippen molar-refractivity contribution in [2.45, 2.75) is 68.2 Å². The van der Waals surface area contributed by atoms with Gasteiger partial charge in [-0.3, -0.25) is 4.79 Å². The van der Waals surface area contributed by atoms with E-state index in [4.69, 9.17) is 18.9 Å². The molecular formula is C24H28NO9P. The standard InChI is InChI=1S/C24H28NO9P/c1-11(31-12(2)26)20(28)34-22(35)21(29)32-15-6-7-24(30)16-10-13-4-5-14(27)18-17(13)23(24,19(15)33-18)8-9-25(16)3/h4-6,11,16,19,22,27,30H,7-10,35H2,1-3H3/t11-,16+,19?,22-,23?,24+/m0/s1. The number of aliphatic hydroxyl groups is 1. The monoisotopic (exact) mass is 505 g/mol. The Hall–Kier alpha value is -2.68. The molecule has 35 heavy (non-hydrogen) atoms. The van der Waals surface area contributed by atoms with Gasteiger partial charge in [0.25, 0.3) is 0 Å². The molecule has 0 radical (unpaired) electrons. The average Bonchev–Trinajstić information content (AvgIpc) is 3.15. The Balaban J connectivity index is 1.43. The molecule has 2 aliphatic carbocycles. The molecule has 188 valence electrons. The minimum absolute atomic E-state index is 0.0322. The van der Waals surface area contributed by atoms with Crippen LogP contribution in [0.25, 0.3) is 0 Å². The molecule has 0 saturated carbocycles. The summed E-state index contributed by atoms with van der Waals surface area (Å²) in [7, 11) is 4.07. The van der Waals surface area contributed by atoms with Crippen LogP contribution in [-0.2, 0) is 40.4 Å². The molecular weight excluding hydrogens is 477 g/mol. The van der Waals surface area contributed by atoms with Crippen molar-refractivity contribution in [2.75, 3.05) is 13.6 Å². The van der Waals surface area contributed by atoms with Gasteiger partial charge in [0.1, 0.15) is 5.76 Å². The molecule has 4 aliphatic rings. The Morgan fingerprint density at radius 2 is 2.00 bits per heavy atom. The minimum atomic E-state index is -1.36. The van der Waals surface area contributed by atoms with Gasteiger partial charge in [0.2, 0.25) is 5.85 Å². The van der Waals surface area contributed by atoms with Crippen molar-refractivity contribution in [3.63, 3.8) is 0 Å². The number of carbonyl (C=O) groups excluding carboxylic acids is 3. The van der Waals surface area contributed by atoms with Crippen molar-refractivity contribution < 1.29 is 43.5 Å². The van der Waals surface area contributed by atoms with E-state index in [2.05, 4.69) is 14.1 Å². The van der Waals surface area contributed by atoms with E-state index in [1.807, 2.05) is 13.1 Å². The maximum atomic E-state index is 12.8. The number of phenolic OH excluding ortho intramolecular Hbond substituents is 1. The smallest absolute Gasteiger partial charge is 0.356 e. The molecule has 11 heteroatoms. The van der Waals surface area contributed by atoms with E-state index in [9.17, 15) is 24.6 Å². The van der Waals surface area contributed by atoms with E-state index in [1.54, 1.807) is 12.1 Å². The van der Waals surface area contributed by atoms with Crippen LogP contribution in [-0.4, -0.2) is 76.3 Å². The number of nitrogens with zero attached hydrogens (tertiary/aromatic N) is 1. The highest BCUT2D eigenvalue weighted by Gasteiger charge is 2.72. The lowest BCUT2D eigenvalue weighted by molar-refractivity contribution is -0.176. The maximum Gasteiger partial charge on any atom is 0.356 e. The second-order valence-corrected chi connectivity index (χ2v) is 10.2. The highest BCUT2D eigenvalue weighted by Crippen LogP contribution is 2.65. The number of ether oxygens (including phenoxy) is 4. The number of likely N-dealkylation sites (tertiary alicyclic amines) is 1. The lowest BCUT2D eigenvalue weighted by Crippen LogP contribution is -2.74. The number of hydrogen-bond donors (Lipinski definition) is 2. The number of benzene rings is 1. The molecule has 1 aromatic carbocycles. The zero-order valence-corrected chi connectivity index (χ0v) is 20.8. The van der Waals surface area contributed by atoms with Crippen LogP contribution in [0.15, 0.2) is 24.0 Å². The largest absolute Gasteiger partial charge is 0.504 e. The maximum absolute atomic E-state index is 12.8. The number of likely N-dealkylation sites (N-methyl/N-ethyl adjacent to an activating group) is 1. The topological polar surface area (TPSA) is 132 Å². The highest BCUT2D eigenvalue weighted by molar-refractivity contribution is 7.19. The molecule has 2 heterocycles. The number of piperidine rings is 1. The number of aromatic hydroxyl groups is 1. The third kappa shape index (κ3) is 3.37. The first kappa shape index (κ1) is 24.0. The van der Waals surface area contributed by atoms with Crippen LogP contribution in [0.2, 0.25) is 0 Å². The Morgan fingerprint density at radius 3 is 2.71 bits per heavy atom. The number of esters is 3. The number of hydrogen-bond acceptors (Lipinski definition) is 10. The third-order valence-corrected chi connectivity index (χ3v) is 8.13. The van der Waals surface area contributed by atoms with Gasteiger partial charge in [-0.25, -0.2) is 9.59 Å². The summed E-state index contributed by atoms with van der Waals surface area (Å²) in [6, 6.07) is 3.27. The zero-order valence-electron chi connectivity index (χ0n) is 19.6. The second kappa shape index (κ2) is 8.18. The molecule has 1 saturated heterocycles. The molecule has 3 unspecified atom stereocenters. The van der Waals surface area contributed by atoms with Gasteiger partial charge in [-0.15, -0.1) is 0 Å². The molecule has 1 fully saturated rings. The molecule has 2 bridgehead atoms. The van der Waals surface area contributed by atoms with E-state index >= 15 is 0 Å². The Kier molecular flexibility index (Phi) is 5.62. The number of rotatable bonds is 5. The molecule has 2 aliphatic heterocycles. The molecule has 2 N–H and O–H groups in total. The first-order chi connectivity index (χ1) is 16.5. The summed E-state index contributed by atoms with van der Waals surface area (Å²) < 4.78 is 21.7. The van der Waals surface area contributed by atoms with Crippen molar-refractivity contribution in [3.8, 4) is 11.5 Å². The fourth-order valence-electron chi connectivity index (χ4n) is 6.18. The van der Waals surface area contributed by atoms with Crippen molar-refractivity contribution >= 4 is 27.1 Å². The van der Waals surface area contributed by atoms with E-state index in [0.717, 1.165) is 18.1 Å². The van der Waals surface area contributed by atoms with Crippen LogP contribution in [0, 0.1) is 0 Å². The van der Waals surface area contributed by atoms with E-state index in [0.29, 0.717) is 25.1 Å². The Morgan fingerprint density at radius 1 is 1.26 bits per heavy atom. The first-order valence-electron chi connectivity index (χ1n) is 11.5. The molecule has 7 atom stereocenters. The molecule has 1 aromatic rings. The zero-order chi connectivity index (χ0) is 25.3. The number of carbonyl (C=O) groups is 3. The molecule has 10 nitrogen and oxygen atoms in total. The van der Waals surface area contributed by atoms with Crippen LogP contribution in [0.3, 0.4) is 0 Å².